The lowest BCUT2D eigenvalue weighted by Gasteiger charge is -2.30. The standard InChI is InChI=1S/C14H18N4O3/c1-20-11-3-4-12(13(9-11)21-2)14(19)18-7-5-10(6-8-18)16-17-15/h3-4,9-10H,5-8H2,1-2H3. The molecule has 1 aromatic carbocycles. The average molecular weight is 290 g/mol. The number of piperidine rings is 1. The molecule has 1 amide bonds. The molecule has 0 atom stereocenters. The van der Waals surface area contributed by atoms with E-state index in [1.807, 2.05) is 0 Å². The zero-order valence-corrected chi connectivity index (χ0v) is 12.2. The smallest absolute Gasteiger partial charge is 0.257 e. The monoisotopic (exact) mass is 290 g/mol. The van der Waals surface area contributed by atoms with Crippen molar-refractivity contribution in [3.63, 3.8) is 0 Å². The fourth-order valence-corrected chi connectivity index (χ4v) is 2.40. The number of methoxy groups -OCH3 is 2. The third-order valence-corrected chi connectivity index (χ3v) is 3.61. The van der Waals surface area contributed by atoms with E-state index in [0.29, 0.717) is 43.0 Å². The molecule has 1 aromatic rings. The van der Waals surface area contributed by atoms with Crippen LogP contribution >= 0.6 is 0 Å². The Balaban J connectivity index is 2.12. The van der Waals surface area contributed by atoms with E-state index >= 15 is 0 Å². The number of carbonyl (C=O) groups excluding carboxylic acids is 1. The van der Waals surface area contributed by atoms with Gasteiger partial charge < -0.3 is 14.4 Å². The normalized spacial score (nSPS) is 15.2. The molecule has 0 radical (unpaired) electrons. The maximum Gasteiger partial charge on any atom is 0.257 e. The molecule has 1 fully saturated rings. The number of rotatable bonds is 4. The molecule has 0 N–H and O–H groups in total. The molecule has 0 aliphatic carbocycles. The molecule has 0 spiro atoms. The Labute approximate surface area is 123 Å². The highest BCUT2D eigenvalue weighted by atomic mass is 16.5. The molecule has 0 bridgehead atoms. The lowest BCUT2D eigenvalue weighted by atomic mass is 10.0. The Morgan fingerprint density at radius 1 is 1.33 bits per heavy atom. The van der Waals surface area contributed by atoms with Crippen LogP contribution in [0.5, 0.6) is 11.5 Å². The Hall–Kier alpha value is -2.40. The molecule has 112 valence electrons. The number of likely N-dealkylation sites (tertiary alicyclic amines) is 1. The van der Waals surface area contributed by atoms with Crippen LogP contribution in [0, 0.1) is 0 Å². The number of ether oxygens (including phenoxy) is 2. The first-order chi connectivity index (χ1) is 10.2. The second kappa shape index (κ2) is 6.85. The van der Waals surface area contributed by atoms with Crippen LogP contribution in [0.15, 0.2) is 23.3 Å². The van der Waals surface area contributed by atoms with Gasteiger partial charge in [-0.15, -0.1) is 0 Å². The summed E-state index contributed by atoms with van der Waals surface area (Å²) in [5, 5.41) is 3.71. The number of carbonyl (C=O) groups is 1. The minimum Gasteiger partial charge on any atom is -0.497 e. The van der Waals surface area contributed by atoms with Gasteiger partial charge in [-0.25, -0.2) is 0 Å². The van der Waals surface area contributed by atoms with Crippen molar-refractivity contribution in [2.75, 3.05) is 27.3 Å². The molecular formula is C14H18N4O3. The van der Waals surface area contributed by atoms with Crippen LogP contribution in [-0.2, 0) is 0 Å². The van der Waals surface area contributed by atoms with Gasteiger partial charge in [-0.1, -0.05) is 5.11 Å². The number of azide groups is 1. The summed E-state index contributed by atoms with van der Waals surface area (Å²) in [6.45, 7) is 1.16. The Morgan fingerprint density at radius 3 is 2.62 bits per heavy atom. The maximum atomic E-state index is 12.5. The number of amides is 1. The van der Waals surface area contributed by atoms with Crippen LogP contribution in [0.25, 0.3) is 10.4 Å². The molecule has 1 heterocycles. The molecule has 21 heavy (non-hydrogen) atoms. The van der Waals surface area contributed by atoms with Crippen molar-refractivity contribution in [2.45, 2.75) is 18.9 Å². The summed E-state index contributed by atoms with van der Waals surface area (Å²) < 4.78 is 10.4. The second-order valence-electron chi connectivity index (χ2n) is 4.79. The van der Waals surface area contributed by atoms with Gasteiger partial charge in [0.2, 0.25) is 0 Å². The first kappa shape index (κ1) is 15.0. The van der Waals surface area contributed by atoms with Crippen LogP contribution < -0.4 is 9.47 Å². The Morgan fingerprint density at radius 2 is 2.05 bits per heavy atom. The van der Waals surface area contributed by atoms with E-state index in [1.165, 1.54) is 7.11 Å². The maximum absolute atomic E-state index is 12.5. The summed E-state index contributed by atoms with van der Waals surface area (Å²) in [7, 11) is 3.09. The zero-order valence-electron chi connectivity index (χ0n) is 12.2. The quantitative estimate of drug-likeness (QED) is 0.485. The zero-order chi connectivity index (χ0) is 15.2. The van der Waals surface area contributed by atoms with Crippen molar-refractivity contribution >= 4 is 5.91 Å². The molecule has 0 saturated carbocycles. The van der Waals surface area contributed by atoms with E-state index in [0.717, 1.165) is 0 Å². The topological polar surface area (TPSA) is 87.5 Å². The van der Waals surface area contributed by atoms with Crippen molar-refractivity contribution < 1.29 is 14.3 Å². The van der Waals surface area contributed by atoms with E-state index in [4.69, 9.17) is 15.0 Å². The van der Waals surface area contributed by atoms with Crippen molar-refractivity contribution in [3.8, 4) is 11.5 Å². The summed E-state index contributed by atoms with van der Waals surface area (Å²) in [5.74, 6) is 1.07. The molecule has 1 aliphatic rings. The summed E-state index contributed by atoms with van der Waals surface area (Å²) in [6, 6.07) is 5.12. The van der Waals surface area contributed by atoms with E-state index < -0.39 is 0 Å². The molecular weight excluding hydrogens is 272 g/mol. The van der Waals surface area contributed by atoms with Gasteiger partial charge in [-0.2, -0.15) is 0 Å². The van der Waals surface area contributed by atoms with Crippen LogP contribution in [0.2, 0.25) is 0 Å². The molecule has 7 nitrogen and oxygen atoms in total. The summed E-state index contributed by atoms with van der Waals surface area (Å²) in [5.41, 5.74) is 8.95. The summed E-state index contributed by atoms with van der Waals surface area (Å²) >= 11 is 0. The Kier molecular flexibility index (Phi) is 4.90. The van der Waals surface area contributed by atoms with Crippen LogP contribution in [0.1, 0.15) is 23.2 Å². The van der Waals surface area contributed by atoms with Crippen LogP contribution in [0.4, 0.5) is 0 Å². The SMILES string of the molecule is COc1ccc(C(=O)N2CCC(N=[N+]=[N-])CC2)c(OC)c1. The fourth-order valence-electron chi connectivity index (χ4n) is 2.40. The third kappa shape index (κ3) is 3.38. The second-order valence-corrected chi connectivity index (χ2v) is 4.79. The van der Waals surface area contributed by atoms with Crippen LogP contribution in [0.3, 0.4) is 0 Å². The highest BCUT2D eigenvalue weighted by Crippen LogP contribution is 2.27. The van der Waals surface area contributed by atoms with Gasteiger partial charge in [-0.05, 0) is 30.5 Å². The lowest BCUT2D eigenvalue weighted by Crippen LogP contribution is -2.39. The van der Waals surface area contributed by atoms with E-state index in [-0.39, 0.29) is 11.9 Å². The molecule has 1 aliphatic heterocycles. The average Bonchev–Trinajstić information content (AvgIpc) is 2.54. The first-order valence-electron chi connectivity index (χ1n) is 6.75. The summed E-state index contributed by atoms with van der Waals surface area (Å²) in [6.07, 6.45) is 1.38. The van der Waals surface area contributed by atoms with Gasteiger partial charge in [0.1, 0.15) is 11.5 Å². The predicted molar refractivity (Wildman–Crippen MR) is 77.6 cm³/mol. The molecule has 2 rings (SSSR count). The predicted octanol–water partition coefficient (Wildman–Crippen LogP) is 2.62. The van der Waals surface area contributed by atoms with E-state index in [2.05, 4.69) is 10.0 Å². The van der Waals surface area contributed by atoms with Gasteiger partial charge >= 0.3 is 0 Å². The fraction of sp³-hybridized carbons (Fsp3) is 0.500. The number of hydrogen-bond donors (Lipinski definition) is 0. The lowest BCUT2D eigenvalue weighted by molar-refractivity contribution is 0.0711. The largest absolute Gasteiger partial charge is 0.497 e. The Bertz CT molecular complexity index is 561. The van der Waals surface area contributed by atoms with E-state index in [9.17, 15) is 4.79 Å². The van der Waals surface area contributed by atoms with Crippen molar-refractivity contribution in [2.24, 2.45) is 5.11 Å². The number of nitrogens with zero attached hydrogens (tertiary/aromatic N) is 4. The van der Waals surface area contributed by atoms with Gasteiger partial charge in [0.25, 0.3) is 5.91 Å². The first-order valence-corrected chi connectivity index (χ1v) is 6.75. The molecule has 0 aromatic heterocycles. The van der Waals surface area contributed by atoms with Crippen molar-refractivity contribution in [1.82, 2.24) is 4.90 Å². The van der Waals surface area contributed by atoms with Crippen LogP contribution in [-0.4, -0.2) is 44.2 Å². The van der Waals surface area contributed by atoms with Crippen molar-refractivity contribution in [1.29, 1.82) is 0 Å². The summed E-state index contributed by atoms with van der Waals surface area (Å²) in [4.78, 5) is 17.1. The highest BCUT2D eigenvalue weighted by molar-refractivity contribution is 5.97. The van der Waals surface area contributed by atoms with Crippen molar-refractivity contribution in [3.05, 3.63) is 34.2 Å². The van der Waals surface area contributed by atoms with Gasteiger partial charge in [0.15, 0.2) is 0 Å². The number of hydrogen-bond acceptors (Lipinski definition) is 4. The minimum absolute atomic E-state index is 0.0168. The molecule has 7 heteroatoms. The van der Waals surface area contributed by atoms with Gasteiger partial charge in [0.05, 0.1) is 19.8 Å². The van der Waals surface area contributed by atoms with Gasteiger partial charge in [-0.3, -0.25) is 4.79 Å². The van der Waals surface area contributed by atoms with E-state index in [1.54, 1.807) is 30.2 Å². The molecule has 0 unspecified atom stereocenters. The third-order valence-electron chi connectivity index (χ3n) is 3.61. The minimum atomic E-state index is -0.0751. The van der Waals surface area contributed by atoms with Gasteiger partial charge in [0, 0.05) is 30.1 Å². The molecule has 1 saturated heterocycles. The highest BCUT2D eigenvalue weighted by Gasteiger charge is 2.25. The number of benzene rings is 1.